The van der Waals surface area contributed by atoms with Gasteiger partial charge in [-0.2, -0.15) is 0 Å². The van der Waals surface area contributed by atoms with Gasteiger partial charge in [0.25, 0.3) is 5.91 Å². The third-order valence-electron chi connectivity index (χ3n) is 3.61. The molecule has 2 amide bonds. The number of anilines is 2. The Hall–Kier alpha value is -3.02. The van der Waals surface area contributed by atoms with E-state index in [0.717, 1.165) is 5.56 Å². The van der Waals surface area contributed by atoms with Crippen LogP contribution in [0.25, 0.3) is 0 Å². The van der Waals surface area contributed by atoms with Gasteiger partial charge in [-0.1, -0.05) is 12.1 Å². The summed E-state index contributed by atoms with van der Waals surface area (Å²) < 4.78 is 11.2. The molecular formula is C18H18N2O4. The van der Waals surface area contributed by atoms with Gasteiger partial charge < -0.3 is 20.1 Å². The van der Waals surface area contributed by atoms with Crippen molar-refractivity contribution in [3.05, 3.63) is 48.0 Å². The molecule has 1 atom stereocenters. The minimum atomic E-state index is -0.713. The van der Waals surface area contributed by atoms with Crippen LogP contribution in [-0.2, 0) is 9.59 Å². The van der Waals surface area contributed by atoms with Gasteiger partial charge in [0.2, 0.25) is 12.0 Å². The molecule has 0 saturated carbocycles. The predicted octanol–water partition coefficient (Wildman–Crippen LogP) is 2.73. The van der Waals surface area contributed by atoms with Crippen molar-refractivity contribution in [1.29, 1.82) is 0 Å². The summed E-state index contributed by atoms with van der Waals surface area (Å²) in [5.74, 6) is 0.774. The van der Waals surface area contributed by atoms with Crippen LogP contribution in [0.4, 0.5) is 11.4 Å². The second-order valence-electron chi connectivity index (χ2n) is 5.56. The maximum Gasteiger partial charge on any atom is 0.269 e. The van der Waals surface area contributed by atoms with Crippen molar-refractivity contribution in [3.63, 3.8) is 0 Å². The lowest BCUT2D eigenvalue weighted by Gasteiger charge is -2.25. The third kappa shape index (κ3) is 3.48. The van der Waals surface area contributed by atoms with Crippen LogP contribution in [0.15, 0.2) is 42.5 Å². The van der Waals surface area contributed by atoms with Gasteiger partial charge in [-0.15, -0.1) is 0 Å². The van der Waals surface area contributed by atoms with Crippen LogP contribution < -0.4 is 20.1 Å². The first-order chi connectivity index (χ1) is 11.5. The maximum atomic E-state index is 12.4. The number of ether oxygens (including phenoxy) is 2. The van der Waals surface area contributed by atoms with E-state index in [1.54, 1.807) is 30.3 Å². The van der Waals surface area contributed by atoms with E-state index in [1.807, 2.05) is 19.1 Å². The van der Waals surface area contributed by atoms with E-state index in [4.69, 9.17) is 9.47 Å². The summed E-state index contributed by atoms with van der Waals surface area (Å²) in [6.45, 7) is 3.47. The fraction of sp³-hybridized carbons (Fsp3) is 0.222. The quantitative estimate of drug-likeness (QED) is 0.909. The SMILES string of the molecule is CC(=O)Nc1ccc(NC(=O)C2COc3ccccc3O2)cc1C. The Kier molecular flexibility index (Phi) is 4.37. The second kappa shape index (κ2) is 6.62. The van der Waals surface area contributed by atoms with Gasteiger partial charge in [-0.05, 0) is 42.8 Å². The molecule has 0 fully saturated rings. The van der Waals surface area contributed by atoms with Crippen LogP contribution in [0.3, 0.4) is 0 Å². The van der Waals surface area contributed by atoms with Crippen molar-refractivity contribution in [3.8, 4) is 11.5 Å². The van der Waals surface area contributed by atoms with E-state index >= 15 is 0 Å². The lowest BCUT2D eigenvalue weighted by atomic mass is 10.1. The smallest absolute Gasteiger partial charge is 0.269 e. The highest BCUT2D eigenvalue weighted by molar-refractivity contribution is 5.95. The molecule has 24 heavy (non-hydrogen) atoms. The normalized spacial score (nSPS) is 15.5. The molecule has 0 spiro atoms. The Morgan fingerprint density at radius 2 is 1.83 bits per heavy atom. The lowest BCUT2D eigenvalue weighted by molar-refractivity contribution is -0.125. The highest BCUT2D eigenvalue weighted by Gasteiger charge is 2.27. The number of rotatable bonds is 3. The van der Waals surface area contributed by atoms with Gasteiger partial charge in [0.1, 0.15) is 6.61 Å². The Labute approximate surface area is 139 Å². The zero-order chi connectivity index (χ0) is 17.1. The summed E-state index contributed by atoms with van der Waals surface area (Å²) >= 11 is 0. The third-order valence-corrected chi connectivity index (χ3v) is 3.61. The molecule has 1 aliphatic rings. The van der Waals surface area contributed by atoms with Crippen molar-refractivity contribution in [2.75, 3.05) is 17.2 Å². The van der Waals surface area contributed by atoms with Gasteiger partial charge >= 0.3 is 0 Å². The Bertz CT molecular complexity index is 788. The standard InChI is InChI=1S/C18H18N2O4/c1-11-9-13(7-8-14(11)19-12(2)21)20-18(22)17-10-23-15-5-3-4-6-16(15)24-17/h3-9,17H,10H2,1-2H3,(H,19,21)(H,20,22). The maximum absolute atomic E-state index is 12.4. The molecule has 2 N–H and O–H groups in total. The minimum Gasteiger partial charge on any atom is -0.485 e. The largest absolute Gasteiger partial charge is 0.485 e. The molecule has 3 rings (SSSR count). The average Bonchev–Trinajstić information content (AvgIpc) is 2.56. The summed E-state index contributed by atoms with van der Waals surface area (Å²) in [7, 11) is 0. The molecule has 124 valence electrons. The molecule has 0 aliphatic carbocycles. The summed E-state index contributed by atoms with van der Waals surface area (Å²) in [5.41, 5.74) is 2.20. The topological polar surface area (TPSA) is 76.7 Å². The molecule has 2 aromatic carbocycles. The summed E-state index contributed by atoms with van der Waals surface area (Å²) in [6, 6.07) is 12.5. The Balaban J connectivity index is 1.67. The number of para-hydroxylation sites is 2. The van der Waals surface area contributed by atoms with Gasteiger partial charge in [0, 0.05) is 18.3 Å². The van der Waals surface area contributed by atoms with Gasteiger partial charge in [0.15, 0.2) is 11.5 Å². The van der Waals surface area contributed by atoms with Crippen LogP contribution in [0.2, 0.25) is 0 Å². The summed E-state index contributed by atoms with van der Waals surface area (Å²) in [6.07, 6.45) is -0.713. The van der Waals surface area contributed by atoms with Crippen LogP contribution in [0, 0.1) is 6.92 Å². The molecule has 6 heteroatoms. The number of hydrogen-bond donors (Lipinski definition) is 2. The van der Waals surface area contributed by atoms with Crippen molar-refractivity contribution in [1.82, 2.24) is 0 Å². The molecule has 1 aliphatic heterocycles. The fourth-order valence-electron chi connectivity index (χ4n) is 2.44. The number of hydrogen-bond acceptors (Lipinski definition) is 4. The van der Waals surface area contributed by atoms with Gasteiger partial charge in [-0.3, -0.25) is 9.59 Å². The number of amides is 2. The van der Waals surface area contributed by atoms with Crippen LogP contribution in [0.5, 0.6) is 11.5 Å². The zero-order valence-electron chi connectivity index (χ0n) is 13.5. The number of carbonyl (C=O) groups excluding carboxylic acids is 2. The first-order valence-corrected chi connectivity index (χ1v) is 7.60. The number of fused-ring (bicyclic) bond motifs is 1. The summed E-state index contributed by atoms with van der Waals surface area (Å²) in [5, 5.41) is 5.54. The van der Waals surface area contributed by atoms with E-state index in [-0.39, 0.29) is 18.4 Å². The Morgan fingerprint density at radius 3 is 2.54 bits per heavy atom. The number of aryl methyl sites for hydroxylation is 1. The molecule has 0 bridgehead atoms. The second-order valence-corrected chi connectivity index (χ2v) is 5.56. The van der Waals surface area contributed by atoms with Crippen molar-refractivity contribution >= 4 is 23.2 Å². The average molecular weight is 326 g/mol. The van der Waals surface area contributed by atoms with Crippen molar-refractivity contribution in [2.24, 2.45) is 0 Å². The van der Waals surface area contributed by atoms with Crippen LogP contribution in [0.1, 0.15) is 12.5 Å². The molecule has 0 saturated heterocycles. The minimum absolute atomic E-state index is 0.138. The van der Waals surface area contributed by atoms with Crippen molar-refractivity contribution in [2.45, 2.75) is 20.0 Å². The first kappa shape index (κ1) is 15.9. The highest BCUT2D eigenvalue weighted by atomic mass is 16.6. The number of nitrogens with one attached hydrogen (secondary N) is 2. The van der Waals surface area contributed by atoms with E-state index in [1.165, 1.54) is 6.92 Å². The van der Waals surface area contributed by atoms with Gasteiger partial charge in [-0.25, -0.2) is 0 Å². The molecule has 0 aromatic heterocycles. The number of carbonyl (C=O) groups is 2. The van der Waals surface area contributed by atoms with E-state index in [9.17, 15) is 9.59 Å². The molecule has 1 unspecified atom stereocenters. The fourth-order valence-corrected chi connectivity index (χ4v) is 2.44. The lowest BCUT2D eigenvalue weighted by Crippen LogP contribution is -2.40. The van der Waals surface area contributed by atoms with Gasteiger partial charge in [0.05, 0.1) is 0 Å². The molecule has 2 aromatic rings. The molecular weight excluding hydrogens is 308 g/mol. The van der Waals surface area contributed by atoms with Crippen LogP contribution >= 0.6 is 0 Å². The summed E-state index contributed by atoms with van der Waals surface area (Å²) in [4.78, 5) is 23.5. The zero-order valence-corrected chi connectivity index (χ0v) is 13.5. The van der Waals surface area contributed by atoms with E-state index in [2.05, 4.69) is 10.6 Å². The predicted molar refractivity (Wildman–Crippen MR) is 90.5 cm³/mol. The van der Waals surface area contributed by atoms with Crippen molar-refractivity contribution < 1.29 is 19.1 Å². The molecule has 1 heterocycles. The molecule has 0 radical (unpaired) electrons. The Morgan fingerprint density at radius 1 is 1.08 bits per heavy atom. The molecule has 6 nitrogen and oxygen atoms in total. The highest BCUT2D eigenvalue weighted by Crippen LogP contribution is 2.31. The number of benzene rings is 2. The van der Waals surface area contributed by atoms with Crippen LogP contribution in [-0.4, -0.2) is 24.5 Å². The van der Waals surface area contributed by atoms with E-state index < -0.39 is 6.10 Å². The first-order valence-electron chi connectivity index (χ1n) is 7.60. The monoisotopic (exact) mass is 326 g/mol. The van der Waals surface area contributed by atoms with E-state index in [0.29, 0.717) is 22.9 Å².